The zero-order chi connectivity index (χ0) is 30.7. The first-order valence-corrected chi connectivity index (χ1v) is 13.8. The van der Waals surface area contributed by atoms with Crippen molar-refractivity contribution in [2.24, 2.45) is 0 Å². The molecule has 3 aliphatic rings. The maximum atomic E-state index is 14.7. The lowest BCUT2D eigenvalue weighted by molar-refractivity contribution is -0.167. The molecule has 4 amide bonds. The second-order valence-electron chi connectivity index (χ2n) is 10.3. The van der Waals surface area contributed by atoms with Gasteiger partial charge in [0.1, 0.15) is 5.82 Å². The number of hydrogen-bond acceptors (Lipinski definition) is 8. The van der Waals surface area contributed by atoms with Crippen molar-refractivity contribution in [2.45, 2.75) is 32.1 Å². The molecule has 2 unspecified atom stereocenters. The fourth-order valence-corrected chi connectivity index (χ4v) is 5.30. The van der Waals surface area contributed by atoms with Crippen molar-refractivity contribution >= 4 is 41.2 Å². The van der Waals surface area contributed by atoms with Crippen molar-refractivity contribution in [2.75, 3.05) is 56.2 Å². The lowest BCUT2D eigenvalue weighted by atomic mass is 9.99. The Labute approximate surface area is 246 Å². The van der Waals surface area contributed by atoms with E-state index in [1.807, 2.05) is 0 Å². The normalized spacial score (nSPS) is 19.3. The van der Waals surface area contributed by atoms with Crippen LogP contribution < -0.4 is 10.2 Å². The first-order chi connectivity index (χ1) is 20.6. The number of carbonyl (C=O) groups excluding carboxylic acids is 4. The number of carboxylic acid groups (broad SMARTS) is 1. The summed E-state index contributed by atoms with van der Waals surface area (Å²) in [5, 5.41) is 11.9. The number of nitrogens with one attached hydrogen (secondary N) is 1. The van der Waals surface area contributed by atoms with E-state index < -0.39 is 47.8 Å². The lowest BCUT2D eigenvalue weighted by Crippen LogP contribution is -2.56. The molecule has 0 bridgehead atoms. The summed E-state index contributed by atoms with van der Waals surface area (Å²) in [7, 11) is 0. The van der Waals surface area contributed by atoms with E-state index in [-0.39, 0.29) is 30.9 Å². The van der Waals surface area contributed by atoms with E-state index in [0.29, 0.717) is 45.0 Å². The van der Waals surface area contributed by atoms with Crippen LogP contribution in [-0.2, 0) is 41.6 Å². The Balaban J connectivity index is 1.34. The second kappa shape index (κ2) is 12.8. The van der Waals surface area contributed by atoms with Crippen LogP contribution in [-0.4, -0.2) is 103 Å². The number of rotatable bonds is 6. The maximum absolute atomic E-state index is 14.7. The molecule has 0 aliphatic carbocycles. The number of nitrogens with zero attached hydrogens (tertiary/aromatic N) is 3. The van der Waals surface area contributed by atoms with Crippen molar-refractivity contribution in [3.8, 4) is 0 Å². The molecule has 43 heavy (non-hydrogen) atoms. The molecular formula is C29H31FN4O9. The number of halogens is 1. The summed E-state index contributed by atoms with van der Waals surface area (Å²) in [6, 6.07) is 8.74. The third-order valence-electron chi connectivity index (χ3n) is 7.49. The predicted molar refractivity (Wildman–Crippen MR) is 148 cm³/mol. The highest BCUT2D eigenvalue weighted by molar-refractivity contribution is 6.05. The molecule has 3 aliphatic heterocycles. The van der Waals surface area contributed by atoms with Crippen molar-refractivity contribution in [1.82, 2.24) is 9.80 Å². The van der Waals surface area contributed by atoms with Crippen LogP contribution in [0.3, 0.4) is 0 Å². The van der Waals surface area contributed by atoms with Crippen LogP contribution in [0, 0.1) is 5.82 Å². The van der Waals surface area contributed by atoms with Crippen LogP contribution in [0.2, 0.25) is 0 Å². The molecule has 2 saturated heterocycles. The lowest BCUT2D eigenvalue weighted by Gasteiger charge is -2.35. The minimum Gasteiger partial charge on any atom is -0.465 e. The van der Waals surface area contributed by atoms with Crippen LogP contribution in [0.25, 0.3) is 0 Å². The number of fused-ring (bicyclic) bond motifs is 1. The Hall–Kier alpha value is -4.56. The molecule has 14 heteroatoms. The van der Waals surface area contributed by atoms with E-state index >= 15 is 0 Å². The molecule has 0 saturated carbocycles. The van der Waals surface area contributed by atoms with Gasteiger partial charge >= 0.3 is 12.1 Å². The molecule has 2 aromatic carbocycles. The number of carbonyl (C=O) groups is 5. The summed E-state index contributed by atoms with van der Waals surface area (Å²) < 4.78 is 30.9. The molecular weight excluding hydrogens is 567 g/mol. The van der Waals surface area contributed by atoms with E-state index in [9.17, 15) is 33.5 Å². The molecule has 2 fully saturated rings. The number of hydrogen-bond donors (Lipinski definition) is 2. The zero-order valence-electron chi connectivity index (χ0n) is 23.4. The largest absolute Gasteiger partial charge is 0.465 e. The number of anilines is 2. The number of morpholine rings is 2. The third-order valence-corrected chi connectivity index (χ3v) is 7.49. The van der Waals surface area contributed by atoms with Gasteiger partial charge in [0.25, 0.3) is 17.7 Å². The fraction of sp³-hybridized carbons (Fsp3) is 0.414. The smallest absolute Gasteiger partial charge is 0.407 e. The number of amides is 4. The van der Waals surface area contributed by atoms with E-state index in [0.717, 1.165) is 24.1 Å². The Morgan fingerprint density at radius 3 is 2.49 bits per heavy atom. The molecule has 2 atom stereocenters. The summed E-state index contributed by atoms with van der Waals surface area (Å²) in [6.45, 7) is 2.95. The topological polar surface area (TPSA) is 155 Å². The average molecular weight is 599 g/mol. The van der Waals surface area contributed by atoms with Gasteiger partial charge < -0.3 is 39.3 Å². The van der Waals surface area contributed by atoms with Crippen LogP contribution in [0.1, 0.15) is 28.4 Å². The molecule has 0 spiro atoms. The number of benzene rings is 2. The van der Waals surface area contributed by atoms with E-state index in [1.165, 1.54) is 26.8 Å². The quantitative estimate of drug-likeness (QED) is 0.472. The minimum absolute atomic E-state index is 0.0233. The third kappa shape index (κ3) is 6.60. The number of esters is 1. The van der Waals surface area contributed by atoms with Crippen LogP contribution in [0.15, 0.2) is 36.4 Å². The van der Waals surface area contributed by atoms with E-state index in [4.69, 9.17) is 14.2 Å². The summed E-state index contributed by atoms with van der Waals surface area (Å²) >= 11 is 0. The molecule has 228 valence electrons. The van der Waals surface area contributed by atoms with Gasteiger partial charge in [0.15, 0.2) is 6.10 Å². The van der Waals surface area contributed by atoms with Crippen molar-refractivity contribution in [3.05, 3.63) is 58.9 Å². The van der Waals surface area contributed by atoms with E-state index in [2.05, 4.69) is 5.32 Å². The second-order valence-corrected chi connectivity index (χ2v) is 10.3. The summed E-state index contributed by atoms with van der Waals surface area (Å²) in [5.74, 6) is -3.59. The zero-order valence-corrected chi connectivity index (χ0v) is 23.4. The van der Waals surface area contributed by atoms with Gasteiger partial charge in [-0.3, -0.25) is 19.2 Å². The van der Waals surface area contributed by atoms with Crippen molar-refractivity contribution in [1.29, 1.82) is 0 Å². The van der Waals surface area contributed by atoms with Crippen molar-refractivity contribution < 1.29 is 47.7 Å². The molecule has 0 aromatic heterocycles. The van der Waals surface area contributed by atoms with Gasteiger partial charge in [-0.2, -0.15) is 0 Å². The van der Waals surface area contributed by atoms with Crippen LogP contribution >= 0.6 is 0 Å². The Morgan fingerprint density at radius 1 is 1.00 bits per heavy atom. The molecule has 13 nitrogen and oxygen atoms in total. The average Bonchev–Trinajstić information content (AvgIpc) is 3.00. The van der Waals surface area contributed by atoms with Crippen molar-refractivity contribution in [3.63, 3.8) is 0 Å². The van der Waals surface area contributed by atoms with Crippen LogP contribution in [0.5, 0.6) is 0 Å². The summed E-state index contributed by atoms with van der Waals surface area (Å²) in [4.78, 5) is 67.3. The van der Waals surface area contributed by atoms with Gasteiger partial charge in [0.05, 0.1) is 25.4 Å². The predicted octanol–water partition coefficient (Wildman–Crippen LogP) is 1.64. The van der Waals surface area contributed by atoms with Gasteiger partial charge in [0, 0.05) is 51.0 Å². The molecule has 3 heterocycles. The summed E-state index contributed by atoms with van der Waals surface area (Å²) in [6.07, 6.45) is -3.73. The standard InChI is InChI=1S/C29H31FN4O9/c1-17(35)43-24(26(36)31-20-3-2-19-16-33(29(39)40)7-6-18(19)14-20)25-28(38)34(10-13-42-25)21-4-5-23(30)22(15-21)27(37)32-8-11-41-12-9-32/h2-5,14-15,24-25H,6-13,16H2,1H3,(H,31,36)(H,39,40). The minimum atomic E-state index is -1.65. The van der Waals surface area contributed by atoms with Gasteiger partial charge in [0.2, 0.25) is 6.10 Å². The first-order valence-electron chi connectivity index (χ1n) is 13.8. The Bertz CT molecular complexity index is 1450. The fourth-order valence-electron chi connectivity index (χ4n) is 5.30. The highest BCUT2D eigenvalue weighted by Crippen LogP contribution is 2.27. The highest BCUT2D eigenvalue weighted by Gasteiger charge is 2.43. The van der Waals surface area contributed by atoms with Gasteiger partial charge in [-0.05, 0) is 47.9 Å². The van der Waals surface area contributed by atoms with Gasteiger partial charge in [-0.15, -0.1) is 0 Å². The van der Waals surface area contributed by atoms with E-state index in [1.54, 1.807) is 18.2 Å². The highest BCUT2D eigenvalue weighted by atomic mass is 19.1. The molecule has 2 aromatic rings. The summed E-state index contributed by atoms with van der Waals surface area (Å²) in [5.41, 5.74) is 2.05. The van der Waals surface area contributed by atoms with Gasteiger partial charge in [-0.1, -0.05) is 6.07 Å². The molecule has 0 radical (unpaired) electrons. The SMILES string of the molecule is CC(=O)OC(C(=O)Nc1ccc2c(c1)CCN(C(=O)O)C2)C1OCCN(c2ccc(F)c(C(=O)N3CCOCC3)c2)C1=O. The maximum Gasteiger partial charge on any atom is 0.407 e. The Kier molecular flexibility index (Phi) is 8.87. The molecule has 5 rings (SSSR count). The number of ether oxygens (including phenoxy) is 3. The monoisotopic (exact) mass is 598 g/mol. The first kappa shape index (κ1) is 29.9. The van der Waals surface area contributed by atoms with Gasteiger partial charge in [-0.25, -0.2) is 9.18 Å². The molecule has 2 N–H and O–H groups in total. The van der Waals surface area contributed by atoms with Crippen LogP contribution in [0.4, 0.5) is 20.6 Å². The Morgan fingerprint density at radius 2 is 1.77 bits per heavy atom.